The molecular weight excluding hydrogens is 318 g/mol. The first-order valence-electron chi connectivity index (χ1n) is 8.20. The van der Waals surface area contributed by atoms with Gasteiger partial charge in [0.15, 0.2) is 12.4 Å². The van der Waals surface area contributed by atoms with Crippen molar-refractivity contribution < 1.29 is 19.1 Å². The Kier molecular flexibility index (Phi) is 5.23. The van der Waals surface area contributed by atoms with E-state index in [1.807, 2.05) is 36.4 Å². The number of rotatable bonds is 6. The minimum absolute atomic E-state index is 0.0693. The van der Waals surface area contributed by atoms with E-state index in [0.29, 0.717) is 18.7 Å². The molecule has 1 aliphatic rings. The molecule has 1 saturated heterocycles. The predicted octanol–water partition coefficient (Wildman–Crippen LogP) is 2.46. The lowest BCUT2D eigenvalue weighted by Crippen LogP contribution is -2.27. The van der Waals surface area contributed by atoms with Crippen molar-refractivity contribution in [1.82, 2.24) is 4.90 Å². The van der Waals surface area contributed by atoms with Crippen molar-refractivity contribution in [3.05, 3.63) is 71.8 Å². The highest BCUT2D eigenvalue weighted by atomic mass is 16.5. The summed E-state index contributed by atoms with van der Waals surface area (Å²) in [5, 5.41) is 0. The molecule has 1 atom stereocenters. The maximum Gasteiger partial charge on any atom is 0.311 e. The summed E-state index contributed by atoms with van der Waals surface area (Å²) in [6, 6.07) is 18.3. The maximum atomic E-state index is 12.2. The lowest BCUT2D eigenvalue weighted by Gasteiger charge is -2.16. The lowest BCUT2D eigenvalue weighted by atomic mass is 10.1. The number of hydrogen-bond donors (Lipinski definition) is 0. The average Bonchev–Trinajstić information content (AvgIpc) is 3.01. The summed E-state index contributed by atoms with van der Waals surface area (Å²) in [7, 11) is 0. The van der Waals surface area contributed by atoms with Crippen LogP contribution in [0.15, 0.2) is 60.7 Å². The Hall–Kier alpha value is -2.95. The average molecular weight is 337 g/mol. The molecule has 0 aromatic heterocycles. The number of carbonyl (C=O) groups excluding carboxylic acids is 3. The van der Waals surface area contributed by atoms with E-state index in [1.165, 1.54) is 0 Å². The number of nitrogens with zero attached hydrogens (tertiary/aromatic N) is 1. The van der Waals surface area contributed by atoms with Crippen molar-refractivity contribution in [3.8, 4) is 0 Å². The molecule has 3 rings (SSSR count). The van der Waals surface area contributed by atoms with Gasteiger partial charge in [0.25, 0.3) is 0 Å². The quantitative estimate of drug-likeness (QED) is 0.600. The molecule has 128 valence electrons. The molecule has 0 bridgehead atoms. The zero-order valence-electron chi connectivity index (χ0n) is 13.8. The molecule has 2 aromatic rings. The van der Waals surface area contributed by atoms with Gasteiger partial charge in [0.2, 0.25) is 5.91 Å². The molecule has 0 unspecified atom stereocenters. The minimum Gasteiger partial charge on any atom is -0.457 e. The van der Waals surface area contributed by atoms with Crippen molar-refractivity contribution in [1.29, 1.82) is 0 Å². The van der Waals surface area contributed by atoms with Gasteiger partial charge < -0.3 is 9.64 Å². The number of ether oxygens (including phenoxy) is 1. The van der Waals surface area contributed by atoms with Crippen LogP contribution in [-0.2, 0) is 20.9 Å². The van der Waals surface area contributed by atoms with Crippen molar-refractivity contribution in [3.63, 3.8) is 0 Å². The molecular formula is C20H19NO4. The molecule has 0 N–H and O–H groups in total. The van der Waals surface area contributed by atoms with Crippen LogP contribution in [-0.4, -0.2) is 35.7 Å². The van der Waals surface area contributed by atoms with Gasteiger partial charge in [0.1, 0.15) is 0 Å². The van der Waals surface area contributed by atoms with Crippen LogP contribution in [0.2, 0.25) is 0 Å². The molecule has 1 fully saturated rings. The zero-order chi connectivity index (χ0) is 17.6. The highest BCUT2D eigenvalue weighted by Gasteiger charge is 2.35. The van der Waals surface area contributed by atoms with Gasteiger partial charge >= 0.3 is 5.97 Å². The van der Waals surface area contributed by atoms with E-state index in [4.69, 9.17) is 4.74 Å². The fraction of sp³-hybridized carbons (Fsp3) is 0.250. The second-order valence-corrected chi connectivity index (χ2v) is 6.06. The number of ketones is 1. The third kappa shape index (κ3) is 4.32. The Bertz CT molecular complexity index is 758. The number of benzene rings is 2. The van der Waals surface area contributed by atoms with Crippen LogP contribution in [0, 0.1) is 5.92 Å². The van der Waals surface area contributed by atoms with Crippen LogP contribution in [0.25, 0.3) is 0 Å². The summed E-state index contributed by atoms with van der Waals surface area (Å²) >= 11 is 0. The van der Waals surface area contributed by atoms with Crippen LogP contribution >= 0.6 is 0 Å². The monoisotopic (exact) mass is 337 g/mol. The lowest BCUT2D eigenvalue weighted by molar-refractivity contribution is -0.147. The maximum absolute atomic E-state index is 12.2. The van der Waals surface area contributed by atoms with E-state index < -0.39 is 11.9 Å². The van der Waals surface area contributed by atoms with Crippen LogP contribution in [0.5, 0.6) is 0 Å². The van der Waals surface area contributed by atoms with Crippen molar-refractivity contribution in [2.45, 2.75) is 13.0 Å². The van der Waals surface area contributed by atoms with Gasteiger partial charge in [-0.1, -0.05) is 60.7 Å². The molecule has 0 aliphatic carbocycles. The smallest absolute Gasteiger partial charge is 0.311 e. The first-order valence-corrected chi connectivity index (χ1v) is 8.20. The van der Waals surface area contributed by atoms with Crippen molar-refractivity contribution in [2.75, 3.05) is 13.2 Å². The molecule has 1 heterocycles. The van der Waals surface area contributed by atoms with Gasteiger partial charge in [0.05, 0.1) is 5.92 Å². The molecule has 0 spiro atoms. The first kappa shape index (κ1) is 16.9. The van der Waals surface area contributed by atoms with Crippen molar-refractivity contribution >= 4 is 17.7 Å². The zero-order valence-corrected chi connectivity index (χ0v) is 13.8. The number of Topliss-reactive ketones (excluding diaryl/α,β-unsaturated/α-hetero) is 1. The summed E-state index contributed by atoms with van der Waals surface area (Å²) < 4.78 is 5.12. The normalized spacial score (nSPS) is 16.7. The standard InChI is InChI=1S/C20H19NO4/c22-18(16-9-5-2-6-10-16)14-25-20(24)17-11-19(23)21(13-17)12-15-7-3-1-4-8-15/h1-10,17H,11-14H2/t17-/m0/s1. The van der Waals surface area contributed by atoms with Gasteiger partial charge in [-0.2, -0.15) is 0 Å². The second kappa shape index (κ2) is 7.75. The van der Waals surface area contributed by atoms with Gasteiger partial charge in [-0.05, 0) is 5.56 Å². The Labute approximate surface area is 146 Å². The largest absolute Gasteiger partial charge is 0.457 e. The number of carbonyl (C=O) groups is 3. The summed E-state index contributed by atoms with van der Waals surface area (Å²) in [5.41, 5.74) is 1.52. The minimum atomic E-state index is -0.514. The van der Waals surface area contributed by atoms with Gasteiger partial charge in [-0.15, -0.1) is 0 Å². The third-order valence-corrected chi connectivity index (χ3v) is 4.21. The second-order valence-electron chi connectivity index (χ2n) is 6.06. The molecule has 1 aliphatic heterocycles. The highest BCUT2D eigenvalue weighted by Crippen LogP contribution is 2.21. The van der Waals surface area contributed by atoms with Crippen LogP contribution in [0.1, 0.15) is 22.3 Å². The van der Waals surface area contributed by atoms with E-state index >= 15 is 0 Å². The summed E-state index contributed by atoms with van der Waals surface area (Å²) in [5.74, 6) is -1.33. The van der Waals surface area contributed by atoms with E-state index in [9.17, 15) is 14.4 Å². The third-order valence-electron chi connectivity index (χ3n) is 4.21. The Morgan fingerprint density at radius 1 is 1.00 bits per heavy atom. The van der Waals surface area contributed by atoms with Gasteiger partial charge in [0, 0.05) is 25.1 Å². The molecule has 1 amide bonds. The molecule has 5 nitrogen and oxygen atoms in total. The van der Waals surface area contributed by atoms with Gasteiger partial charge in [-0.25, -0.2) is 0 Å². The van der Waals surface area contributed by atoms with Crippen molar-refractivity contribution in [2.24, 2.45) is 5.92 Å². The first-order chi connectivity index (χ1) is 12.1. The number of hydrogen-bond acceptors (Lipinski definition) is 4. The molecule has 25 heavy (non-hydrogen) atoms. The van der Waals surface area contributed by atoms with E-state index in [0.717, 1.165) is 5.56 Å². The number of likely N-dealkylation sites (tertiary alicyclic amines) is 1. The topological polar surface area (TPSA) is 63.7 Å². The number of amides is 1. The van der Waals surface area contributed by atoms with Crippen LogP contribution in [0.3, 0.4) is 0 Å². The highest BCUT2D eigenvalue weighted by molar-refractivity contribution is 5.98. The Morgan fingerprint density at radius 3 is 2.32 bits per heavy atom. The summed E-state index contributed by atoms with van der Waals surface area (Å²) in [6.07, 6.45) is 0.130. The summed E-state index contributed by atoms with van der Waals surface area (Å²) in [4.78, 5) is 37.9. The molecule has 0 radical (unpaired) electrons. The predicted molar refractivity (Wildman–Crippen MR) is 91.7 cm³/mol. The molecule has 0 saturated carbocycles. The molecule has 5 heteroatoms. The Morgan fingerprint density at radius 2 is 1.64 bits per heavy atom. The molecule has 2 aromatic carbocycles. The fourth-order valence-corrected chi connectivity index (χ4v) is 2.85. The van der Waals surface area contributed by atoms with Gasteiger partial charge in [-0.3, -0.25) is 14.4 Å². The number of esters is 1. The fourth-order valence-electron chi connectivity index (χ4n) is 2.85. The van der Waals surface area contributed by atoms with E-state index in [2.05, 4.69) is 0 Å². The van der Waals surface area contributed by atoms with E-state index in [1.54, 1.807) is 29.2 Å². The summed E-state index contributed by atoms with van der Waals surface area (Å²) in [6.45, 7) is 0.505. The van der Waals surface area contributed by atoms with Crippen LogP contribution < -0.4 is 0 Å². The Balaban J connectivity index is 1.51. The SMILES string of the molecule is O=C(COC(=O)[C@H]1CC(=O)N(Cc2ccccc2)C1)c1ccccc1. The van der Waals surface area contributed by atoms with E-state index in [-0.39, 0.29) is 24.7 Å². The van der Waals surface area contributed by atoms with Crippen LogP contribution in [0.4, 0.5) is 0 Å².